The van der Waals surface area contributed by atoms with Gasteiger partial charge in [-0.1, -0.05) is 28.1 Å². The molecule has 0 bridgehead atoms. The van der Waals surface area contributed by atoms with Crippen molar-refractivity contribution < 1.29 is 4.79 Å². The lowest BCUT2D eigenvalue weighted by atomic mass is 10.0. The van der Waals surface area contributed by atoms with Gasteiger partial charge in [-0.25, -0.2) is 0 Å². The van der Waals surface area contributed by atoms with E-state index in [-0.39, 0.29) is 5.78 Å². The molecule has 0 atom stereocenters. The fraction of sp³-hybridized carbons (Fsp3) is 0.500. The monoisotopic (exact) mass is 310 g/mol. The van der Waals surface area contributed by atoms with Gasteiger partial charge in [0.1, 0.15) is 0 Å². The number of hydrogen-bond acceptors (Lipinski definition) is 3. The molecule has 1 saturated heterocycles. The number of rotatable bonds is 4. The number of ketones is 1. The first-order valence-corrected chi connectivity index (χ1v) is 7.17. The highest BCUT2D eigenvalue weighted by molar-refractivity contribution is 9.10. The standard InChI is InChI=1S/C14H19BrN2O/c15-12-3-1-2-11(8-12)9-14(18)10-17-6-4-13(16)5-7-17/h1-3,8,13H,4-7,9-10,16H2. The van der Waals surface area contributed by atoms with Gasteiger partial charge in [-0.2, -0.15) is 0 Å². The highest BCUT2D eigenvalue weighted by atomic mass is 79.9. The van der Waals surface area contributed by atoms with Crippen molar-refractivity contribution in [3.05, 3.63) is 34.3 Å². The van der Waals surface area contributed by atoms with Crippen LogP contribution in [0.2, 0.25) is 0 Å². The molecule has 0 saturated carbocycles. The minimum atomic E-state index is 0.281. The number of halogens is 1. The van der Waals surface area contributed by atoms with E-state index < -0.39 is 0 Å². The predicted octanol–water partition coefficient (Wildman–Crippen LogP) is 1.98. The summed E-state index contributed by atoms with van der Waals surface area (Å²) >= 11 is 3.42. The molecule has 1 aliphatic heterocycles. The number of benzene rings is 1. The van der Waals surface area contributed by atoms with Crippen molar-refractivity contribution in [3.8, 4) is 0 Å². The van der Waals surface area contributed by atoms with Crippen LogP contribution in [0.3, 0.4) is 0 Å². The van der Waals surface area contributed by atoms with Crippen molar-refractivity contribution in [2.24, 2.45) is 5.73 Å². The van der Waals surface area contributed by atoms with E-state index in [1.165, 1.54) is 0 Å². The van der Waals surface area contributed by atoms with Crippen molar-refractivity contribution in [2.75, 3.05) is 19.6 Å². The fourth-order valence-corrected chi connectivity index (χ4v) is 2.74. The molecule has 1 aromatic carbocycles. The van der Waals surface area contributed by atoms with Crippen molar-refractivity contribution in [1.82, 2.24) is 4.90 Å². The van der Waals surface area contributed by atoms with Crippen molar-refractivity contribution >= 4 is 21.7 Å². The Morgan fingerprint density at radius 1 is 1.39 bits per heavy atom. The van der Waals surface area contributed by atoms with E-state index in [1.807, 2.05) is 24.3 Å². The van der Waals surface area contributed by atoms with E-state index in [0.717, 1.165) is 36.0 Å². The van der Waals surface area contributed by atoms with Gasteiger partial charge in [0.2, 0.25) is 0 Å². The number of Topliss-reactive ketones (excluding diaryl/α,β-unsaturated/α-hetero) is 1. The summed E-state index contributed by atoms with van der Waals surface area (Å²) in [5, 5.41) is 0. The zero-order valence-electron chi connectivity index (χ0n) is 10.4. The second-order valence-electron chi connectivity index (χ2n) is 4.96. The third kappa shape index (κ3) is 4.19. The molecule has 0 radical (unpaired) electrons. The van der Waals surface area contributed by atoms with Crippen molar-refractivity contribution in [3.63, 3.8) is 0 Å². The number of nitrogens with zero attached hydrogens (tertiary/aromatic N) is 1. The van der Waals surface area contributed by atoms with Gasteiger partial charge >= 0.3 is 0 Å². The summed E-state index contributed by atoms with van der Waals surface area (Å²) in [4.78, 5) is 14.2. The van der Waals surface area contributed by atoms with Crippen LogP contribution in [-0.4, -0.2) is 36.4 Å². The Kier molecular flexibility index (Phi) is 4.92. The Balaban J connectivity index is 1.82. The van der Waals surface area contributed by atoms with Crippen molar-refractivity contribution in [2.45, 2.75) is 25.3 Å². The van der Waals surface area contributed by atoms with Crippen LogP contribution in [-0.2, 0) is 11.2 Å². The van der Waals surface area contributed by atoms with Crippen LogP contribution in [0.1, 0.15) is 18.4 Å². The summed E-state index contributed by atoms with van der Waals surface area (Å²) in [6.07, 6.45) is 2.52. The molecule has 1 fully saturated rings. The van der Waals surface area contributed by atoms with Crippen LogP contribution in [0, 0.1) is 0 Å². The number of hydrogen-bond donors (Lipinski definition) is 1. The number of carbonyl (C=O) groups is 1. The van der Waals surface area contributed by atoms with E-state index >= 15 is 0 Å². The van der Waals surface area contributed by atoms with E-state index in [4.69, 9.17) is 5.73 Å². The Morgan fingerprint density at radius 2 is 2.11 bits per heavy atom. The van der Waals surface area contributed by atoms with Gasteiger partial charge in [-0.3, -0.25) is 9.69 Å². The molecular formula is C14H19BrN2O. The minimum absolute atomic E-state index is 0.281. The van der Waals surface area contributed by atoms with Gasteiger partial charge < -0.3 is 5.73 Å². The lowest BCUT2D eigenvalue weighted by molar-refractivity contribution is -0.119. The molecule has 98 valence electrons. The Hall–Kier alpha value is -0.710. The Morgan fingerprint density at radius 3 is 2.78 bits per heavy atom. The van der Waals surface area contributed by atoms with Gasteiger partial charge in [-0.05, 0) is 30.5 Å². The number of piperidine rings is 1. The van der Waals surface area contributed by atoms with Gasteiger partial charge in [0, 0.05) is 30.0 Å². The summed E-state index contributed by atoms with van der Waals surface area (Å²) in [5.41, 5.74) is 6.92. The third-order valence-corrected chi connectivity index (χ3v) is 3.82. The summed E-state index contributed by atoms with van der Waals surface area (Å²) in [6, 6.07) is 8.26. The first-order chi connectivity index (χ1) is 8.63. The number of carbonyl (C=O) groups excluding carboxylic acids is 1. The Labute approximate surface area is 116 Å². The minimum Gasteiger partial charge on any atom is -0.328 e. The smallest absolute Gasteiger partial charge is 0.151 e. The molecule has 1 heterocycles. The van der Waals surface area contributed by atoms with Crippen LogP contribution in [0.25, 0.3) is 0 Å². The molecule has 0 aliphatic carbocycles. The van der Waals surface area contributed by atoms with Crippen LogP contribution in [0.5, 0.6) is 0 Å². The topological polar surface area (TPSA) is 46.3 Å². The van der Waals surface area contributed by atoms with Crippen LogP contribution >= 0.6 is 15.9 Å². The van der Waals surface area contributed by atoms with E-state index in [0.29, 0.717) is 19.0 Å². The van der Waals surface area contributed by atoms with Crippen LogP contribution in [0.4, 0.5) is 0 Å². The molecule has 0 spiro atoms. The highest BCUT2D eigenvalue weighted by Crippen LogP contribution is 2.13. The van der Waals surface area contributed by atoms with Gasteiger partial charge in [0.05, 0.1) is 6.54 Å². The maximum absolute atomic E-state index is 12.0. The number of likely N-dealkylation sites (tertiary alicyclic amines) is 1. The molecule has 2 N–H and O–H groups in total. The second-order valence-corrected chi connectivity index (χ2v) is 5.87. The molecule has 3 nitrogen and oxygen atoms in total. The van der Waals surface area contributed by atoms with E-state index in [2.05, 4.69) is 20.8 Å². The molecule has 0 amide bonds. The lowest BCUT2D eigenvalue weighted by Crippen LogP contribution is -2.42. The van der Waals surface area contributed by atoms with Gasteiger partial charge in [0.15, 0.2) is 5.78 Å². The quantitative estimate of drug-likeness (QED) is 0.925. The molecular weight excluding hydrogens is 292 g/mol. The SMILES string of the molecule is NC1CCN(CC(=O)Cc2cccc(Br)c2)CC1. The van der Waals surface area contributed by atoms with E-state index in [1.54, 1.807) is 0 Å². The highest BCUT2D eigenvalue weighted by Gasteiger charge is 2.18. The Bertz CT molecular complexity index is 414. The van der Waals surface area contributed by atoms with Gasteiger partial charge in [-0.15, -0.1) is 0 Å². The molecule has 2 rings (SSSR count). The first-order valence-electron chi connectivity index (χ1n) is 6.37. The maximum Gasteiger partial charge on any atom is 0.151 e. The van der Waals surface area contributed by atoms with Crippen LogP contribution in [0.15, 0.2) is 28.7 Å². The van der Waals surface area contributed by atoms with Gasteiger partial charge in [0.25, 0.3) is 0 Å². The molecule has 1 aliphatic rings. The summed E-state index contributed by atoms with van der Waals surface area (Å²) < 4.78 is 1.02. The average Bonchev–Trinajstić information content (AvgIpc) is 2.32. The molecule has 0 aromatic heterocycles. The zero-order chi connectivity index (χ0) is 13.0. The second kappa shape index (κ2) is 6.45. The average molecular weight is 311 g/mol. The van der Waals surface area contributed by atoms with E-state index in [9.17, 15) is 4.79 Å². The predicted molar refractivity (Wildman–Crippen MR) is 76.5 cm³/mol. The first kappa shape index (κ1) is 13.7. The zero-order valence-corrected chi connectivity index (χ0v) is 12.0. The molecule has 1 aromatic rings. The summed E-state index contributed by atoms with van der Waals surface area (Å²) in [7, 11) is 0. The molecule has 0 unspecified atom stereocenters. The fourth-order valence-electron chi connectivity index (χ4n) is 2.29. The van der Waals surface area contributed by atoms with Crippen molar-refractivity contribution in [1.29, 1.82) is 0 Å². The van der Waals surface area contributed by atoms with Crippen LogP contribution < -0.4 is 5.73 Å². The maximum atomic E-state index is 12.0. The lowest BCUT2D eigenvalue weighted by Gasteiger charge is -2.29. The summed E-state index contributed by atoms with van der Waals surface area (Å²) in [5.74, 6) is 0.281. The normalized spacial score (nSPS) is 17.9. The molecule has 4 heteroatoms. The largest absolute Gasteiger partial charge is 0.328 e. The summed E-state index contributed by atoms with van der Waals surface area (Å²) in [6.45, 7) is 2.45. The molecule has 18 heavy (non-hydrogen) atoms. The third-order valence-electron chi connectivity index (χ3n) is 3.32. The number of nitrogens with two attached hydrogens (primary N) is 1.